The number of nitrogens with one attached hydrogen (secondary N) is 1. The van der Waals surface area contributed by atoms with Gasteiger partial charge in [-0.15, -0.1) is 0 Å². The average Bonchev–Trinajstić information content (AvgIpc) is 2.57. The van der Waals surface area contributed by atoms with Crippen LogP contribution < -0.4 is 10.2 Å². The van der Waals surface area contributed by atoms with E-state index in [0.29, 0.717) is 16.4 Å². The maximum absolute atomic E-state index is 12.9. The van der Waals surface area contributed by atoms with Crippen LogP contribution in [-0.2, 0) is 9.59 Å². The first kappa shape index (κ1) is 17.2. The fraction of sp³-hybridized carbons (Fsp3) is 0.0588. The van der Waals surface area contributed by atoms with Crippen LogP contribution in [0.3, 0.4) is 0 Å². The maximum Gasteiger partial charge on any atom is 0.251 e. The Bertz CT molecular complexity index is 868. The Hall–Kier alpha value is -2.64. The van der Waals surface area contributed by atoms with Crippen LogP contribution in [0, 0.1) is 11.7 Å². The lowest BCUT2D eigenvalue weighted by Crippen LogP contribution is -2.58. The summed E-state index contributed by atoms with van der Waals surface area (Å²) in [5, 5.41) is 2.98. The molecule has 2 aromatic rings. The third-order valence-electron chi connectivity index (χ3n) is 3.49. The Kier molecular flexibility index (Phi) is 4.87. The van der Waals surface area contributed by atoms with E-state index in [1.165, 1.54) is 35.4 Å². The zero-order valence-electron chi connectivity index (χ0n) is 12.6. The molecule has 1 aliphatic heterocycles. The Labute approximate surface area is 153 Å². The van der Waals surface area contributed by atoms with Gasteiger partial charge in [0.15, 0.2) is 11.0 Å². The summed E-state index contributed by atoms with van der Waals surface area (Å²) in [6.45, 7) is 0. The molecule has 0 spiro atoms. The van der Waals surface area contributed by atoms with Crippen molar-refractivity contribution in [1.82, 2.24) is 5.32 Å². The molecule has 0 aliphatic carbocycles. The second-order valence-corrected chi connectivity index (χ2v) is 6.00. The van der Waals surface area contributed by atoms with Gasteiger partial charge in [0.2, 0.25) is 5.91 Å². The fourth-order valence-electron chi connectivity index (χ4n) is 2.24. The number of carbonyl (C=O) groups is 2. The highest BCUT2D eigenvalue weighted by atomic mass is 35.5. The first-order valence-electron chi connectivity index (χ1n) is 7.20. The predicted octanol–water partition coefficient (Wildman–Crippen LogP) is 3.25. The Morgan fingerprint density at radius 1 is 1.12 bits per heavy atom. The molecule has 1 saturated heterocycles. The van der Waals surface area contributed by atoms with E-state index >= 15 is 0 Å². The van der Waals surface area contributed by atoms with Crippen molar-refractivity contribution in [1.29, 1.82) is 0 Å². The number of benzene rings is 2. The molecule has 1 atom stereocenters. The van der Waals surface area contributed by atoms with Crippen LogP contribution in [0.1, 0.15) is 0 Å². The zero-order valence-corrected chi connectivity index (χ0v) is 14.2. The summed E-state index contributed by atoms with van der Waals surface area (Å²) in [5.41, 5.74) is 0.910. The summed E-state index contributed by atoms with van der Waals surface area (Å²) in [6.07, 6.45) is 1.22. The van der Waals surface area contributed by atoms with Gasteiger partial charge >= 0.3 is 0 Å². The second-order valence-electron chi connectivity index (χ2n) is 5.18. The number of nitrogens with zero attached hydrogens (tertiary/aromatic N) is 2. The van der Waals surface area contributed by atoms with Crippen molar-refractivity contribution in [3.63, 3.8) is 0 Å². The molecule has 126 valence electrons. The van der Waals surface area contributed by atoms with E-state index in [4.69, 9.17) is 23.8 Å². The van der Waals surface area contributed by atoms with Crippen molar-refractivity contribution in [2.24, 2.45) is 10.9 Å². The molecule has 25 heavy (non-hydrogen) atoms. The summed E-state index contributed by atoms with van der Waals surface area (Å²) in [5.74, 6) is -2.63. The zero-order chi connectivity index (χ0) is 18.0. The van der Waals surface area contributed by atoms with Crippen LogP contribution in [0.15, 0.2) is 53.5 Å². The van der Waals surface area contributed by atoms with Gasteiger partial charge in [-0.05, 0) is 60.7 Å². The number of anilines is 1. The van der Waals surface area contributed by atoms with Gasteiger partial charge in [-0.3, -0.25) is 19.5 Å². The van der Waals surface area contributed by atoms with Gasteiger partial charge in [-0.25, -0.2) is 4.39 Å². The summed E-state index contributed by atoms with van der Waals surface area (Å²) in [6, 6.07) is 11.8. The lowest BCUT2D eigenvalue weighted by molar-refractivity contribution is -0.130. The summed E-state index contributed by atoms with van der Waals surface area (Å²) in [4.78, 5) is 30.1. The van der Waals surface area contributed by atoms with Crippen LogP contribution in [0.25, 0.3) is 0 Å². The molecule has 1 N–H and O–H groups in total. The third kappa shape index (κ3) is 3.72. The lowest BCUT2D eigenvalue weighted by Gasteiger charge is -2.30. The largest absolute Gasteiger partial charge is 0.301 e. The molecule has 0 unspecified atom stereocenters. The van der Waals surface area contributed by atoms with E-state index in [1.807, 2.05) is 0 Å². The Morgan fingerprint density at radius 2 is 1.76 bits per heavy atom. The second kappa shape index (κ2) is 7.08. The molecule has 8 heteroatoms. The first-order chi connectivity index (χ1) is 12.0. The molecule has 5 nitrogen and oxygen atoms in total. The number of aliphatic imine (C=N–C) groups is 1. The van der Waals surface area contributed by atoms with E-state index in [-0.39, 0.29) is 5.11 Å². The number of rotatable bonds is 3. The maximum atomic E-state index is 12.9. The van der Waals surface area contributed by atoms with Gasteiger partial charge in [-0.1, -0.05) is 11.6 Å². The van der Waals surface area contributed by atoms with Gasteiger partial charge in [0, 0.05) is 11.2 Å². The van der Waals surface area contributed by atoms with Gasteiger partial charge in [-0.2, -0.15) is 0 Å². The Morgan fingerprint density at radius 3 is 2.40 bits per heavy atom. The SMILES string of the molecule is O=C1NC(=S)N(c2ccc(Cl)cc2)C(=O)[C@H]1C=Nc1ccc(F)cc1. The molecule has 1 fully saturated rings. The normalized spacial score (nSPS) is 17.9. The van der Waals surface area contributed by atoms with Gasteiger partial charge < -0.3 is 5.32 Å². The number of halogens is 2. The van der Waals surface area contributed by atoms with Crippen molar-refractivity contribution in [2.45, 2.75) is 0 Å². The van der Waals surface area contributed by atoms with Crippen molar-refractivity contribution in [2.75, 3.05) is 4.90 Å². The van der Waals surface area contributed by atoms with Gasteiger partial charge in [0.05, 0.1) is 11.4 Å². The van der Waals surface area contributed by atoms with Crippen molar-refractivity contribution < 1.29 is 14.0 Å². The quantitative estimate of drug-likeness (QED) is 0.509. The summed E-state index contributed by atoms with van der Waals surface area (Å²) < 4.78 is 12.9. The smallest absolute Gasteiger partial charge is 0.251 e. The minimum absolute atomic E-state index is 0.0104. The number of amides is 2. The highest BCUT2D eigenvalue weighted by Crippen LogP contribution is 2.23. The number of carbonyl (C=O) groups excluding carboxylic acids is 2. The van der Waals surface area contributed by atoms with E-state index < -0.39 is 23.5 Å². The molecule has 2 aromatic carbocycles. The van der Waals surface area contributed by atoms with Crippen molar-refractivity contribution >= 4 is 58.3 Å². The summed E-state index contributed by atoms with van der Waals surface area (Å²) in [7, 11) is 0. The van der Waals surface area contributed by atoms with Crippen molar-refractivity contribution in [3.05, 3.63) is 59.4 Å². The van der Waals surface area contributed by atoms with E-state index in [9.17, 15) is 14.0 Å². The Balaban J connectivity index is 1.87. The number of hydrogen-bond acceptors (Lipinski definition) is 4. The van der Waals surface area contributed by atoms with Crippen LogP contribution in [0.2, 0.25) is 5.02 Å². The van der Waals surface area contributed by atoms with Crippen LogP contribution >= 0.6 is 23.8 Å². The predicted molar refractivity (Wildman–Crippen MR) is 97.7 cm³/mol. The average molecular weight is 376 g/mol. The van der Waals surface area contributed by atoms with E-state index in [0.717, 1.165) is 0 Å². The van der Waals surface area contributed by atoms with Gasteiger partial charge in [0.25, 0.3) is 5.91 Å². The molecule has 0 radical (unpaired) electrons. The standard InChI is InChI=1S/C17H11ClFN3O2S/c18-10-1-7-13(8-2-10)22-16(24)14(15(23)21-17(22)25)9-20-12-5-3-11(19)4-6-12/h1-9,14H,(H,21,23,25)/t14-/m0/s1. The highest BCUT2D eigenvalue weighted by molar-refractivity contribution is 7.80. The molecule has 0 saturated carbocycles. The molecule has 0 bridgehead atoms. The molecular formula is C17H11ClFN3O2S. The van der Waals surface area contributed by atoms with Crippen molar-refractivity contribution in [3.8, 4) is 0 Å². The molecule has 2 amide bonds. The van der Waals surface area contributed by atoms with Crippen LogP contribution in [0.5, 0.6) is 0 Å². The third-order valence-corrected chi connectivity index (χ3v) is 4.02. The first-order valence-corrected chi connectivity index (χ1v) is 7.98. The molecule has 1 aliphatic rings. The topological polar surface area (TPSA) is 61.8 Å². The molecule has 1 heterocycles. The molecule has 0 aromatic heterocycles. The minimum Gasteiger partial charge on any atom is -0.301 e. The number of thiocarbonyl (C=S) groups is 1. The van der Waals surface area contributed by atoms with E-state index in [1.54, 1.807) is 24.3 Å². The van der Waals surface area contributed by atoms with Crippen LogP contribution in [-0.4, -0.2) is 23.1 Å². The number of hydrogen-bond donors (Lipinski definition) is 1. The lowest BCUT2D eigenvalue weighted by atomic mass is 10.1. The summed E-state index contributed by atoms with van der Waals surface area (Å²) >= 11 is 10.9. The monoisotopic (exact) mass is 375 g/mol. The van der Waals surface area contributed by atoms with Crippen LogP contribution in [0.4, 0.5) is 15.8 Å². The highest BCUT2D eigenvalue weighted by Gasteiger charge is 2.38. The molecular weight excluding hydrogens is 365 g/mol. The molecule has 3 rings (SSSR count). The van der Waals surface area contributed by atoms with E-state index in [2.05, 4.69) is 10.3 Å². The van der Waals surface area contributed by atoms with Gasteiger partial charge in [0.1, 0.15) is 5.82 Å². The fourth-order valence-corrected chi connectivity index (χ4v) is 2.67. The minimum atomic E-state index is -1.15.